The van der Waals surface area contributed by atoms with Crippen molar-refractivity contribution in [3.05, 3.63) is 65.1 Å². The van der Waals surface area contributed by atoms with Crippen LogP contribution < -0.4 is 4.74 Å². The predicted molar refractivity (Wildman–Crippen MR) is 128 cm³/mol. The molecular formula is C27H30FN3O3. The molecule has 6 nitrogen and oxygen atoms in total. The standard InChI is InChI=1S/C27H30FN3O3/c1-29-22-11-20(34-2)9-10-21(22)24-25(29)23(13-32)30(12-17-3-4-17)14-27(24)15-31(16-27)26(33)18-5-7-19(28)8-6-18/h5-11,17,23,32H,3-4,12-16H2,1-2H3/t23-/m1/s1. The lowest BCUT2D eigenvalue weighted by Crippen LogP contribution is -2.67. The van der Waals surface area contributed by atoms with E-state index in [0.29, 0.717) is 24.6 Å². The maximum Gasteiger partial charge on any atom is 0.253 e. The fourth-order valence-electron chi connectivity index (χ4n) is 6.15. The summed E-state index contributed by atoms with van der Waals surface area (Å²) in [6.07, 6.45) is 2.49. The third-order valence-electron chi connectivity index (χ3n) is 7.97. The second kappa shape index (κ2) is 7.82. The van der Waals surface area contributed by atoms with Gasteiger partial charge in [-0.3, -0.25) is 9.69 Å². The number of carbonyl (C=O) groups excluding carboxylic acids is 1. The number of rotatable bonds is 5. The molecule has 3 heterocycles. The van der Waals surface area contributed by atoms with Gasteiger partial charge >= 0.3 is 0 Å². The zero-order valence-corrected chi connectivity index (χ0v) is 19.6. The van der Waals surface area contributed by atoms with Crippen molar-refractivity contribution in [1.29, 1.82) is 0 Å². The highest BCUT2D eigenvalue weighted by atomic mass is 19.1. The van der Waals surface area contributed by atoms with Crippen LogP contribution in [-0.2, 0) is 12.5 Å². The number of benzene rings is 2. The number of aliphatic hydroxyl groups is 1. The molecule has 2 fully saturated rings. The van der Waals surface area contributed by atoms with E-state index >= 15 is 0 Å². The topological polar surface area (TPSA) is 57.9 Å². The van der Waals surface area contributed by atoms with E-state index in [4.69, 9.17) is 4.74 Å². The minimum absolute atomic E-state index is 0.0629. The smallest absolute Gasteiger partial charge is 0.253 e. The molecule has 3 aromatic rings. The minimum Gasteiger partial charge on any atom is -0.497 e. The number of carbonyl (C=O) groups is 1. The highest BCUT2D eigenvalue weighted by Gasteiger charge is 2.54. The fraction of sp³-hybridized carbons (Fsp3) is 0.444. The number of amides is 1. The summed E-state index contributed by atoms with van der Waals surface area (Å²) in [6.45, 7) is 3.08. The number of hydrogen-bond donors (Lipinski definition) is 1. The summed E-state index contributed by atoms with van der Waals surface area (Å²) in [5, 5.41) is 11.7. The zero-order chi connectivity index (χ0) is 23.6. The molecule has 6 rings (SSSR count). The monoisotopic (exact) mass is 463 g/mol. The van der Waals surface area contributed by atoms with Gasteiger partial charge in [-0.1, -0.05) is 0 Å². The number of ether oxygens (including phenoxy) is 1. The summed E-state index contributed by atoms with van der Waals surface area (Å²) in [6, 6.07) is 11.9. The van der Waals surface area contributed by atoms with Crippen LogP contribution in [0.2, 0.25) is 0 Å². The number of aliphatic hydroxyl groups excluding tert-OH is 1. The Morgan fingerprint density at radius 1 is 1.15 bits per heavy atom. The largest absolute Gasteiger partial charge is 0.497 e. The van der Waals surface area contributed by atoms with Crippen LogP contribution in [-0.4, -0.2) is 65.3 Å². The van der Waals surface area contributed by atoms with Crippen molar-refractivity contribution in [2.24, 2.45) is 13.0 Å². The predicted octanol–water partition coefficient (Wildman–Crippen LogP) is 3.48. The number of aryl methyl sites for hydroxylation is 1. The maximum atomic E-state index is 13.4. The molecule has 0 radical (unpaired) electrons. The van der Waals surface area contributed by atoms with E-state index in [9.17, 15) is 14.3 Å². The zero-order valence-electron chi connectivity index (χ0n) is 19.6. The van der Waals surface area contributed by atoms with Crippen LogP contribution in [0.5, 0.6) is 5.75 Å². The molecule has 1 amide bonds. The Kier molecular flexibility index (Phi) is 4.97. The highest BCUT2D eigenvalue weighted by Crippen LogP contribution is 2.50. The van der Waals surface area contributed by atoms with E-state index in [1.165, 1.54) is 30.5 Å². The van der Waals surface area contributed by atoms with Crippen LogP contribution in [0.25, 0.3) is 10.9 Å². The molecule has 178 valence electrons. The normalized spacial score (nSPS) is 21.5. The molecule has 1 spiro atoms. The number of nitrogens with zero attached hydrogens (tertiary/aromatic N) is 3. The summed E-state index contributed by atoms with van der Waals surface area (Å²) in [5.74, 6) is 1.09. The average molecular weight is 464 g/mol. The van der Waals surface area contributed by atoms with Crippen molar-refractivity contribution in [1.82, 2.24) is 14.4 Å². The van der Waals surface area contributed by atoms with Gasteiger partial charge in [-0.2, -0.15) is 0 Å². The van der Waals surface area contributed by atoms with Crippen molar-refractivity contribution >= 4 is 16.8 Å². The Morgan fingerprint density at radius 2 is 1.88 bits per heavy atom. The Balaban J connectivity index is 1.42. The highest BCUT2D eigenvalue weighted by molar-refractivity contribution is 5.96. The fourth-order valence-corrected chi connectivity index (χ4v) is 6.15. The third kappa shape index (κ3) is 3.25. The van der Waals surface area contributed by atoms with E-state index in [1.54, 1.807) is 19.2 Å². The van der Waals surface area contributed by atoms with E-state index in [0.717, 1.165) is 35.4 Å². The van der Waals surface area contributed by atoms with Gasteiger partial charge in [0.25, 0.3) is 5.91 Å². The molecular weight excluding hydrogens is 433 g/mol. The number of halogens is 1. The van der Waals surface area contributed by atoms with Crippen molar-refractivity contribution in [2.45, 2.75) is 24.3 Å². The van der Waals surface area contributed by atoms with E-state index in [1.807, 2.05) is 11.0 Å². The van der Waals surface area contributed by atoms with E-state index < -0.39 is 0 Å². The first-order valence-electron chi connectivity index (χ1n) is 12.0. The van der Waals surface area contributed by atoms with Crippen molar-refractivity contribution in [3.8, 4) is 5.75 Å². The molecule has 1 atom stereocenters. The summed E-state index contributed by atoms with van der Waals surface area (Å²) in [5.41, 5.74) is 3.80. The molecule has 2 aliphatic heterocycles. The number of aromatic nitrogens is 1. The van der Waals surface area contributed by atoms with Crippen LogP contribution >= 0.6 is 0 Å². The number of methoxy groups -OCH3 is 1. The van der Waals surface area contributed by atoms with Crippen molar-refractivity contribution in [2.75, 3.05) is 39.9 Å². The van der Waals surface area contributed by atoms with Gasteiger partial charge in [0, 0.05) is 61.4 Å². The summed E-state index contributed by atoms with van der Waals surface area (Å²) in [4.78, 5) is 17.5. The number of hydrogen-bond acceptors (Lipinski definition) is 4. The molecule has 7 heteroatoms. The molecule has 3 aliphatic rings. The lowest BCUT2D eigenvalue weighted by Gasteiger charge is -2.56. The first-order chi connectivity index (χ1) is 16.4. The SMILES string of the molecule is COc1ccc2c3c(n(C)c2c1)[C@@H](CO)N(CC1CC1)CC31CN(C(=O)c2ccc(F)cc2)C1. The lowest BCUT2D eigenvalue weighted by atomic mass is 9.68. The van der Waals surface area contributed by atoms with Crippen LogP contribution in [0.4, 0.5) is 4.39 Å². The van der Waals surface area contributed by atoms with Crippen LogP contribution in [0.15, 0.2) is 42.5 Å². The minimum atomic E-state index is -0.342. The van der Waals surface area contributed by atoms with Gasteiger partial charge in [0.05, 0.1) is 25.3 Å². The van der Waals surface area contributed by atoms with Crippen molar-refractivity contribution in [3.63, 3.8) is 0 Å². The molecule has 2 aromatic carbocycles. The van der Waals surface area contributed by atoms with Gasteiger partial charge in [0.1, 0.15) is 11.6 Å². The quantitative estimate of drug-likeness (QED) is 0.630. The van der Waals surface area contributed by atoms with E-state index in [-0.39, 0.29) is 29.8 Å². The van der Waals surface area contributed by atoms with Gasteiger partial charge in [-0.25, -0.2) is 4.39 Å². The lowest BCUT2D eigenvalue weighted by molar-refractivity contribution is -0.00222. The second-order valence-corrected chi connectivity index (χ2v) is 10.2. The second-order valence-electron chi connectivity index (χ2n) is 10.2. The van der Waals surface area contributed by atoms with Crippen molar-refractivity contribution < 1.29 is 19.0 Å². The number of fused-ring (bicyclic) bond motifs is 4. The Morgan fingerprint density at radius 3 is 2.53 bits per heavy atom. The summed E-state index contributed by atoms with van der Waals surface area (Å²) >= 11 is 0. The first kappa shape index (κ1) is 21.6. The Hall–Kier alpha value is -2.90. The van der Waals surface area contributed by atoms with Gasteiger partial charge in [-0.05, 0) is 60.7 Å². The van der Waals surface area contributed by atoms with Crippen LogP contribution in [0.3, 0.4) is 0 Å². The maximum absolute atomic E-state index is 13.4. The molecule has 1 aliphatic carbocycles. The molecule has 0 bridgehead atoms. The third-order valence-corrected chi connectivity index (χ3v) is 7.97. The van der Waals surface area contributed by atoms with Gasteiger partial charge < -0.3 is 19.3 Å². The Labute approximate surface area is 198 Å². The molecule has 1 saturated heterocycles. The first-order valence-corrected chi connectivity index (χ1v) is 12.0. The van der Waals surface area contributed by atoms with Gasteiger partial charge in [0.15, 0.2) is 0 Å². The Bertz CT molecular complexity index is 1260. The summed E-state index contributed by atoms with van der Waals surface area (Å²) < 4.78 is 21.1. The number of likely N-dealkylation sites (tertiary alicyclic amines) is 1. The molecule has 34 heavy (non-hydrogen) atoms. The van der Waals surface area contributed by atoms with Gasteiger partial charge in [0.2, 0.25) is 0 Å². The van der Waals surface area contributed by atoms with Crippen LogP contribution in [0, 0.1) is 11.7 Å². The van der Waals surface area contributed by atoms with Gasteiger partial charge in [-0.15, -0.1) is 0 Å². The molecule has 1 saturated carbocycles. The molecule has 1 aromatic heterocycles. The van der Waals surface area contributed by atoms with E-state index in [2.05, 4.69) is 28.6 Å². The average Bonchev–Trinajstić information content (AvgIpc) is 3.60. The molecule has 0 unspecified atom stereocenters. The summed E-state index contributed by atoms with van der Waals surface area (Å²) in [7, 11) is 3.74. The van der Waals surface area contributed by atoms with Crippen LogP contribution in [0.1, 0.15) is 40.5 Å². The molecule has 1 N–H and O–H groups in total.